The molecule has 0 fully saturated rings. The fourth-order valence-electron chi connectivity index (χ4n) is 2.35. The molecule has 0 heterocycles. The van der Waals surface area contributed by atoms with E-state index >= 15 is 0 Å². The number of nitrogens with one attached hydrogen (secondary N) is 1. The summed E-state index contributed by atoms with van der Waals surface area (Å²) in [5, 5.41) is 3.46. The van der Waals surface area contributed by atoms with Crippen LogP contribution in [0.3, 0.4) is 0 Å². The maximum Gasteiger partial charge on any atom is 0.00896 e. The van der Waals surface area contributed by atoms with Crippen LogP contribution in [0.25, 0.3) is 0 Å². The van der Waals surface area contributed by atoms with Crippen LogP contribution in [0.4, 0.5) is 0 Å². The van der Waals surface area contributed by atoms with Crippen molar-refractivity contribution in [1.29, 1.82) is 0 Å². The molecule has 1 N–H and O–H groups in total. The third-order valence-corrected chi connectivity index (χ3v) is 3.22. The molecule has 1 nitrogen and oxygen atoms in total. The fraction of sp³-hybridized carbons (Fsp3) is 1.00. The van der Waals surface area contributed by atoms with Crippen molar-refractivity contribution in [3.63, 3.8) is 0 Å². The van der Waals surface area contributed by atoms with E-state index in [1.54, 1.807) is 0 Å². The van der Waals surface area contributed by atoms with Crippen molar-refractivity contribution in [3.05, 3.63) is 0 Å². The molecule has 0 aliphatic heterocycles. The van der Waals surface area contributed by atoms with Gasteiger partial charge in [0.05, 0.1) is 0 Å². The summed E-state index contributed by atoms with van der Waals surface area (Å²) >= 11 is 0. The Balaban J connectivity index is 3.85. The molecule has 0 spiro atoms. The van der Waals surface area contributed by atoms with Crippen molar-refractivity contribution in [3.8, 4) is 0 Å². The SMILES string of the molecule is CCCCCC(CCC)[C@H](CC)NC. The first kappa shape index (κ1) is 14.0. The van der Waals surface area contributed by atoms with E-state index in [-0.39, 0.29) is 0 Å². The average Bonchev–Trinajstić information content (AvgIpc) is 2.20. The standard InChI is InChI=1S/C13H29N/c1-5-8-9-11-12(10-6-2)13(7-3)14-4/h12-14H,5-11H2,1-4H3/t12?,13-/m0/s1. The van der Waals surface area contributed by atoms with Crippen molar-refractivity contribution < 1.29 is 0 Å². The van der Waals surface area contributed by atoms with Crippen LogP contribution in [0.5, 0.6) is 0 Å². The molecule has 86 valence electrons. The van der Waals surface area contributed by atoms with Gasteiger partial charge in [-0.15, -0.1) is 0 Å². The lowest BCUT2D eigenvalue weighted by atomic mass is 9.88. The highest BCUT2D eigenvalue weighted by Gasteiger charge is 2.16. The monoisotopic (exact) mass is 199 g/mol. The molecule has 0 rings (SSSR count). The van der Waals surface area contributed by atoms with E-state index in [0.29, 0.717) is 0 Å². The summed E-state index contributed by atoms with van der Waals surface area (Å²) in [4.78, 5) is 0. The summed E-state index contributed by atoms with van der Waals surface area (Å²) in [5.74, 6) is 0.904. The van der Waals surface area contributed by atoms with Gasteiger partial charge in [-0.05, 0) is 32.2 Å². The zero-order valence-corrected chi connectivity index (χ0v) is 10.6. The normalized spacial score (nSPS) is 15.4. The van der Waals surface area contributed by atoms with E-state index in [0.717, 1.165) is 12.0 Å². The van der Waals surface area contributed by atoms with Crippen LogP contribution in [0, 0.1) is 5.92 Å². The molecule has 0 aliphatic carbocycles. The highest BCUT2D eigenvalue weighted by molar-refractivity contribution is 4.73. The van der Waals surface area contributed by atoms with E-state index in [1.807, 2.05) is 0 Å². The second-order valence-electron chi connectivity index (χ2n) is 4.35. The van der Waals surface area contributed by atoms with E-state index in [2.05, 4.69) is 33.1 Å². The molecule has 0 aliphatic rings. The topological polar surface area (TPSA) is 12.0 Å². The van der Waals surface area contributed by atoms with Crippen LogP contribution in [-0.2, 0) is 0 Å². The average molecular weight is 199 g/mol. The molecular weight excluding hydrogens is 170 g/mol. The Hall–Kier alpha value is -0.0400. The third kappa shape index (κ3) is 5.64. The Morgan fingerprint density at radius 1 is 0.929 bits per heavy atom. The Labute approximate surface area is 90.7 Å². The van der Waals surface area contributed by atoms with Gasteiger partial charge in [-0.3, -0.25) is 0 Å². The van der Waals surface area contributed by atoms with Crippen molar-refractivity contribution in [2.24, 2.45) is 5.92 Å². The Bertz CT molecular complexity index is 108. The fourth-order valence-corrected chi connectivity index (χ4v) is 2.35. The molecule has 0 radical (unpaired) electrons. The molecule has 0 saturated carbocycles. The summed E-state index contributed by atoms with van der Waals surface area (Å²) in [5.41, 5.74) is 0. The second kappa shape index (κ2) is 9.51. The Morgan fingerprint density at radius 2 is 1.64 bits per heavy atom. The smallest absolute Gasteiger partial charge is 0.00896 e. The molecule has 2 atom stereocenters. The van der Waals surface area contributed by atoms with Gasteiger partial charge < -0.3 is 5.32 Å². The highest BCUT2D eigenvalue weighted by Crippen LogP contribution is 2.21. The molecule has 0 saturated heterocycles. The van der Waals surface area contributed by atoms with Crippen molar-refractivity contribution in [1.82, 2.24) is 5.32 Å². The van der Waals surface area contributed by atoms with Crippen molar-refractivity contribution in [2.45, 2.75) is 71.8 Å². The lowest BCUT2D eigenvalue weighted by Crippen LogP contribution is -2.32. The van der Waals surface area contributed by atoms with Gasteiger partial charge in [-0.2, -0.15) is 0 Å². The highest BCUT2D eigenvalue weighted by atomic mass is 14.9. The number of hydrogen-bond acceptors (Lipinski definition) is 1. The summed E-state index contributed by atoms with van der Waals surface area (Å²) in [6.07, 6.45) is 9.57. The lowest BCUT2D eigenvalue weighted by molar-refractivity contribution is 0.311. The number of unbranched alkanes of at least 4 members (excludes halogenated alkanes) is 2. The first-order valence-electron chi connectivity index (χ1n) is 6.47. The minimum absolute atomic E-state index is 0.742. The van der Waals surface area contributed by atoms with Gasteiger partial charge in [0.1, 0.15) is 0 Å². The molecule has 0 amide bonds. The van der Waals surface area contributed by atoms with Crippen LogP contribution in [-0.4, -0.2) is 13.1 Å². The van der Waals surface area contributed by atoms with Crippen LogP contribution < -0.4 is 5.32 Å². The first-order chi connectivity index (χ1) is 6.79. The Morgan fingerprint density at radius 3 is 2.07 bits per heavy atom. The summed E-state index contributed by atoms with van der Waals surface area (Å²) in [6, 6.07) is 0.742. The van der Waals surface area contributed by atoms with Gasteiger partial charge in [-0.25, -0.2) is 0 Å². The predicted molar refractivity (Wildman–Crippen MR) is 65.7 cm³/mol. The predicted octanol–water partition coefficient (Wildman–Crippen LogP) is 3.98. The largest absolute Gasteiger partial charge is 0.317 e. The summed E-state index contributed by atoms with van der Waals surface area (Å²) in [6.45, 7) is 6.88. The van der Waals surface area contributed by atoms with Gasteiger partial charge in [0.2, 0.25) is 0 Å². The lowest BCUT2D eigenvalue weighted by Gasteiger charge is -2.25. The van der Waals surface area contributed by atoms with E-state index in [9.17, 15) is 0 Å². The van der Waals surface area contributed by atoms with Crippen molar-refractivity contribution >= 4 is 0 Å². The minimum atomic E-state index is 0.742. The second-order valence-corrected chi connectivity index (χ2v) is 4.35. The number of rotatable bonds is 9. The molecular formula is C13H29N. The quantitative estimate of drug-likeness (QED) is 0.554. The zero-order chi connectivity index (χ0) is 10.8. The van der Waals surface area contributed by atoms with E-state index < -0.39 is 0 Å². The molecule has 0 aromatic carbocycles. The van der Waals surface area contributed by atoms with Gasteiger partial charge in [0.25, 0.3) is 0 Å². The van der Waals surface area contributed by atoms with Crippen molar-refractivity contribution in [2.75, 3.05) is 7.05 Å². The van der Waals surface area contributed by atoms with Gasteiger partial charge in [0.15, 0.2) is 0 Å². The zero-order valence-electron chi connectivity index (χ0n) is 10.6. The van der Waals surface area contributed by atoms with E-state index in [1.165, 1.54) is 44.9 Å². The first-order valence-corrected chi connectivity index (χ1v) is 6.47. The van der Waals surface area contributed by atoms with Gasteiger partial charge in [0, 0.05) is 6.04 Å². The molecule has 1 unspecified atom stereocenters. The van der Waals surface area contributed by atoms with Crippen LogP contribution in [0.1, 0.15) is 65.7 Å². The molecule has 0 bridgehead atoms. The van der Waals surface area contributed by atoms with Crippen LogP contribution >= 0.6 is 0 Å². The van der Waals surface area contributed by atoms with Gasteiger partial charge in [-0.1, -0.05) is 46.5 Å². The number of hydrogen-bond donors (Lipinski definition) is 1. The molecule has 0 aromatic rings. The maximum absolute atomic E-state index is 3.46. The van der Waals surface area contributed by atoms with Crippen LogP contribution in [0.2, 0.25) is 0 Å². The molecule has 1 heteroatoms. The minimum Gasteiger partial charge on any atom is -0.317 e. The maximum atomic E-state index is 3.46. The van der Waals surface area contributed by atoms with Crippen LogP contribution in [0.15, 0.2) is 0 Å². The Kier molecular flexibility index (Phi) is 9.49. The molecule has 14 heavy (non-hydrogen) atoms. The third-order valence-electron chi connectivity index (χ3n) is 3.22. The van der Waals surface area contributed by atoms with E-state index in [4.69, 9.17) is 0 Å². The molecule has 0 aromatic heterocycles. The summed E-state index contributed by atoms with van der Waals surface area (Å²) in [7, 11) is 2.11. The van der Waals surface area contributed by atoms with Gasteiger partial charge >= 0.3 is 0 Å². The summed E-state index contributed by atoms with van der Waals surface area (Å²) < 4.78 is 0.